The number of rotatable bonds is 9. The standard InChI is InChI=1S/C21H26N2O5S/c1-29(25,26)23(15-17-6-3-2-4-7-17)18-9-11-19(12-10-18)28-16-21(24)22-14-20-8-5-13-27-20/h2-4,6-7,9-12,20H,5,8,13-16H2,1H3,(H,22,24)/t20-/m1/s1. The summed E-state index contributed by atoms with van der Waals surface area (Å²) in [6.07, 6.45) is 3.25. The minimum absolute atomic E-state index is 0.0878. The SMILES string of the molecule is CS(=O)(=O)N(Cc1ccccc1)c1ccc(OCC(=O)NC[C@H]2CCCO2)cc1. The summed E-state index contributed by atoms with van der Waals surface area (Å²) in [5.41, 5.74) is 1.42. The largest absolute Gasteiger partial charge is 0.484 e. The van der Waals surface area contributed by atoms with Gasteiger partial charge in [-0.2, -0.15) is 0 Å². The summed E-state index contributed by atoms with van der Waals surface area (Å²) in [7, 11) is -3.45. The van der Waals surface area contributed by atoms with Crippen molar-refractivity contribution in [1.29, 1.82) is 0 Å². The molecule has 1 aliphatic heterocycles. The molecule has 2 aromatic carbocycles. The van der Waals surface area contributed by atoms with Crippen LogP contribution in [-0.4, -0.2) is 46.4 Å². The van der Waals surface area contributed by atoms with Crippen molar-refractivity contribution in [3.8, 4) is 5.75 Å². The lowest BCUT2D eigenvalue weighted by Crippen LogP contribution is -2.35. The van der Waals surface area contributed by atoms with Gasteiger partial charge in [0, 0.05) is 13.2 Å². The molecule has 1 heterocycles. The van der Waals surface area contributed by atoms with Gasteiger partial charge in [-0.25, -0.2) is 8.42 Å². The van der Waals surface area contributed by atoms with Gasteiger partial charge in [0.25, 0.3) is 5.91 Å². The third kappa shape index (κ3) is 6.47. The summed E-state index contributed by atoms with van der Waals surface area (Å²) in [6.45, 7) is 1.37. The molecule has 1 N–H and O–H groups in total. The van der Waals surface area contributed by atoms with E-state index in [1.165, 1.54) is 10.6 Å². The van der Waals surface area contributed by atoms with E-state index < -0.39 is 10.0 Å². The van der Waals surface area contributed by atoms with Crippen molar-refractivity contribution < 1.29 is 22.7 Å². The smallest absolute Gasteiger partial charge is 0.258 e. The van der Waals surface area contributed by atoms with Crippen LogP contribution in [0.1, 0.15) is 18.4 Å². The average molecular weight is 419 g/mol. The summed E-state index contributed by atoms with van der Waals surface area (Å²) >= 11 is 0. The van der Waals surface area contributed by atoms with Gasteiger partial charge in [0.1, 0.15) is 5.75 Å². The van der Waals surface area contributed by atoms with Crippen LogP contribution >= 0.6 is 0 Å². The first-order valence-corrected chi connectivity index (χ1v) is 11.4. The predicted octanol–water partition coefficient (Wildman–Crippen LogP) is 2.33. The minimum Gasteiger partial charge on any atom is -0.484 e. The van der Waals surface area contributed by atoms with E-state index in [1.807, 2.05) is 30.3 Å². The highest BCUT2D eigenvalue weighted by Crippen LogP contribution is 2.23. The zero-order valence-electron chi connectivity index (χ0n) is 16.4. The van der Waals surface area contributed by atoms with Crippen LogP contribution in [-0.2, 0) is 26.1 Å². The van der Waals surface area contributed by atoms with Crippen molar-refractivity contribution in [3.05, 3.63) is 60.2 Å². The molecule has 3 rings (SSSR count). The molecule has 0 saturated carbocycles. The Hall–Kier alpha value is -2.58. The third-order valence-corrected chi connectivity index (χ3v) is 5.76. The molecular weight excluding hydrogens is 392 g/mol. The molecule has 0 bridgehead atoms. The maximum absolute atomic E-state index is 12.2. The topological polar surface area (TPSA) is 84.9 Å². The van der Waals surface area contributed by atoms with Crippen molar-refractivity contribution in [2.24, 2.45) is 0 Å². The molecule has 8 heteroatoms. The third-order valence-electron chi connectivity index (χ3n) is 4.61. The molecule has 156 valence electrons. The zero-order valence-corrected chi connectivity index (χ0v) is 17.2. The second-order valence-corrected chi connectivity index (χ2v) is 8.88. The molecule has 1 amide bonds. The van der Waals surface area contributed by atoms with E-state index in [1.54, 1.807) is 24.3 Å². The molecule has 1 atom stereocenters. The zero-order chi connectivity index (χ0) is 20.7. The van der Waals surface area contributed by atoms with Crippen molar-refractivity contribution in [2.45, 2.75) is 25.5 Å². The molecule has 0 spiro atoms. The molecule has 7 nitrogen and oxygen atoms in total. The maximum Gasteiger partial charge on any atom is 0.258 e. The normalized spacial score (nSPS) is 16.4. The molecule has 0 unspecified atom stereocenters. The van der Waals surface area contributed by atoms with Crippen molar-refractivity contribution in [1.82, 2.24) is 5.32 Å². The van der Waals surface area contributed by atoms with Crippen molar-refractivity contribution in [2.75, 3.05) is 30.3 Å². The first kappa shape index (κ1) is 21.1. The van der Waals surface area contributed by atoms with E-state index in [0.29, 0.717) is 18.0 Å². The quantitative estimate of drug-likeness (QED) is 0.676. The average Bonchev–Trinajstić information content (AvgIpc) is 3.23. The van der Waals surface area contributed by atoms with Crippen LogP contribution in [0.4, 0.5) is 5.69 Å². The number of ether oxygens (including phenoxy) is 2. The number of hydrogen-bond donors (Lipinski definition) is 1. The fraction of sp³-hybridized carbons (Fsp3) is 0.381. The number of nitrogens with one attached hydrogen (secondary N) is 1. The maximum atomic E-state index is 12.2. The second-order valence-electron chi connectivity index (χ2n) is 6.98. The Balaban J connectivity index is 1.56. The van der Waals surface area contributed by atoms with Crippen LogP contribution in [0.25, 0.3) is 0 Å². The molecule has 2 aromatic rings. The Morgan fingerprint density at radius 3 is 2.52 bits per heavy atom. The molecule has 29 heavy (non-hydrogen) atoms. The Morgan fingerprint density at radius 2 is 1.90 bits per heavy atom. The summed E-state index contributed by atoms with van der Waals surface area (Å²) in [5.74, 6) is 0.278. The van der Waals surface area contributed by atoms with E-state index in [4.69, 9.17) is 9.47 Å². The fourth-order valence-corrected chi connectivity index (χ4v) is 3.98. The lowest BCUT2D eigenvalue weighted by Gasteiger charge is -2.22. The Labute approximate surface area is 171 Å². The number of sulfonamides is 1. The number of benzene rings is 2. The van der Waals surface area contributed by atoms with E-state index in [-0.39, 0.29) is 25.2 Å². The lowest BCUT2D eigenvalue weighted by molar-refractivity contribution is -0.123. The van der Waals surface area contributed by atoms with E-state index in [0.717, 1.165) is 25.0 Å². The van der Waals surface area contributed by atoms with Crippen LogP contribution in [0.2, 0.25) is 0 Å². The van der Waals surface area contributed by atoms with Gasteiger partial charge >= 0.3 is 0 Å². The molecule has 1 saturated heterocycles. The van der Waals surface area contributed by atoms with Crippen LogP contribution < -0.4 is 14.4 Å². The summed E-state index contributed by atoms with van der Waals surface area (Å²) in [6, 6.07) is 16.0. The number of amides is 1. The van der Waals surface area contributed by atoms with Crippen LogP contribution in [0.5, 0.6) is 5.75 Å². The van der Waals surface area contributed by atoms with Crippen LogP contribution in [0.3, 0.4) is 0 Å². The number of carbonyl (C=O) groups is 1. The highest BCUT2D eigenvalue weighted by Gasteiger charge is 2.18. The highest BCUT2D eigenvalue weighted by molar-refractivity contribution is 7.92. The van der Waals surface area contributed by atoms with Gasteiger partial charge in [0.15, 0.2) is 6.61 Å². The predicted molar refractivity (Wildman–Crippen MR) is 111 cm³/mol. The number of hydrogen-bond acceptors (Lipinski definition) is 5. The molecule has 1 aliphatic rings. The molecular formula is C21H26N2O5S. The van der Waals surface area contributed by atoms with E-state index in [2.05, 4.69) is 5.32 Å². The molecule has 0 aromatic heterocycles. The van der Waals surface area contributed by atoms with Crippen molar-refractivity contribution >= 4 is 21.6 Å². The van der Waals surface area contributed by atoms with Gasteiger partial charge in [-0.05, 0) is 42.7 Å². The van der Waals surface area contributed by atoms with Crippen LogP contribution in [0.15, 0.2) is 54.6 Å². The van der Waals surface area contributed by atoms with Crippen molar-refractivity contribution in [3.63, 3.8) is 0 Å². The minimum atomic E-state index is -3.45. The Morgan fingerprint density at radius 1 is 1.17 bits per heavy atom. The van der Waals surface area contributed by atoms with Gasteiger partial charge in [0.05, 0.1) is 24.6 Å². The Kier molecular flexibility index (Phi) is 7.11. The van der Waals surface area contributed by atoms with E-state index in [9.17, 15) is 13.2 Å². The fourth-order valence-electron chi connectivity index (χ4n) is 3.09. The summed E-state index contributed by atoms with van der Waals surface area (Å²) in [5, 5.41) is 2.80. The first-order chi connectivity index (χ1) is 13.9. The second kappa shape index (κ2) is 9.76. The summed E-state index contributed by atoms with van der Waals surface area (Å²) in [4.78, 5) is 11.9. The van der Waals surface area contributed by atoms with Gasteiger partial charge in [-0.15, -0.1) is 0 Å². The lowest BCUT2D eigenvalue weighted by atomic mass is 10.2. The Bertz CT molecular complexity index is 894. The van der Waals surface area contributed by atoms with Crippen LogP contribution in [0, 0.1) is 0 Å². The number of anilines is 1. The van der Waals surface area contributed by atoms with Gasteiger partial charge in [-0.3, -0.25) is 9.10 Å². The number of carbonyl (C=O) groups excluding carboxylic acids is 1. The molecule has 0 radical (unpaired) electrons. The van der Waals surface area contributed by atoms with Gasteiger partial charge in [-0.1, -0.05) is 30.3 Å². The molecule has 0 aliphatic carbocycles. The van der Waals surface area contributed by atoms with E-state index >= 15 is 0 Å². The monoisotopic (exact) mass is 418 g/mol. The van der Waals surface area contributed by atoms with Gasteiger partial charge in [0.2, 0.25) is 10.0 Å². The number of nitrogens with zero attached hydrogens (tertiary/aromatic N) is 1. The van der Waals surface area contributed by atoms with Gasteiger partial charge < -0.3 is 14.8 Å². The highest BCUT2D eigenvalue weighted by atomic mass is 32.2. The molecule has 1 fully saturated rings. The summed E-state index contributed by atoms with van der Waals surface area (Å²) < 4.78 is 36.8. The first-order valence-electron chi connectivity index (χ1n) is 9.54.